The third-order valence-corrected chi connectivity index (χ3v) is 3.53. The van der Waals surface area contributed by atoms with Crippen LogP contribution in [0.25, 0.3) is 22.2 Å². The Morgan fingerprint density at radius 3 is 2.55 bits per heavy atom. The number of hydrogen-bond donors (Lipinski definition) is 1. The van der Waals surface area contributed by atoms with Crippen molar-refractivity contribution in [1.29, 1.82) is 0 Å². The highest BCUT2D eigenvalue weighted by atomic mass is 35.5. The summed E-state index contributed by atoms with van der Waals surface area (Å²) in [5, 5.41) is 0.158. The lowest BCUT2D eigenvalue weighted by Crippen LogP contribution is -2.06. The Bertz CT molecular complexity index is 919. The lowest BCUT2D eigenvalue weighted by Gasteiger charge is -2.12. The highest BCUT2D eigenvalue weighted by Gasteiger charge is 2.31. The summed E-state index contributed by atoms with van der Waals surface area (Å²) in [6.45, 7) is 0. The molecule has 7 heteroatoms. The number of H-pyrrole nitrogens is 1. The number of rotatable bonds is 1. The van der Waals surface area contributed by atoms with E-state index in [4.69, 9.17) is 11.6 Å². The van der Waals surface area contributed by atoms with Crippen LogP contribution in [0.2, 0.25) is 5.02 Å². The quantitative estimate of drug-likeness (QED) is 0.727. The van der Waals surface area contributed by atoms with Crippen molar-refractivity contribution in [3.8, 4) is 11.1 Å². The fourth-order valence-electron chi connectivity index (χ4n) is 2.19. The van der Waals surface area contributed by atoms with Gasteiger partial charge in [-0.15, -0.1) is 0 Å². The molecular weight excluding hydrogens is 317 g/mol. The van der Waals surface area contributed by atoms with Crippen molar-refractivity contribution in [2.45, 2.75) is 6.18 Å². The van der Waals surface area contributed by atoms with E-state index in [1.54, 1.807) is 0 Å². The van der Waals surface area contributed by atoms with Gasteiger partial charge in [-0.3, -0.25) is 9.78 Å². The van der Waals surface area contributed by atoms with Gasteiger partial charge in [-0.2, -0.15) is 13.2 Å². The van der Waals surface area contributed by atoms with Crippen LogP contribution >= 0.6 is 11.6 Å². The number of nitrogens with one attached hydrogen (secondary N) is 1. The molecule has 0 amide bonds. The molecule has 3 nitrogen and oxygen atoms in total. The van der Waals surface area contributed by atoms with Gasteiger partial charge in [0.1, 0.15) is 0 Å². The van der Waals surface area contributed by atoms with Crippen LogP contribution in [0.15, 0.2) is 47.4 Å². The molecule has 2 heterocycles. The van der Waals surface area contributed by atoms with Crippen LogP contribution in [-0.4, -0.2) is 9.97 Å². The van der Waals surface area contributed by atoms with Gasteiger partial charge in [0.25, 0.3) is 0 Å². The largest absolute Gasteiger partial charge is 0.416 e. The standard InChI is InChI=1S/C15H8ClF3N2O/c16-11-2-1-8(15(17,18)19)7-10(11)9-5-6-20-12-3-4-13(22)21-14(9)12/h1-7H,(H,21,22). The summed E-state index contributed by atoms with van der Waals surface area (Å²) in [6, 6.07) is 7.37. The smallest absolute Gasteiger partial charge is 0.320 e. The Kier molecular flexibility index (Phi) is 3.41. The van der Waals surface area contributed by atoms with Gasteiger partial charge in [-0.1, -0.05) is 11.6 Å². The number of benzene rings is 1. The first-order valence-corrected chi connectivity index (χ1v) is 6.59. The summed E-state index contributed by atoms with van der Waals surface area (Å²) in [5.41, 5.74) is 0.200. The number of alkyl halides is 3. The van der Waals surface area contributed by atoms with Crippen LogP contribution in [0.1, 0.15) is 5.56 Å². The zero-order chi connectivity index (χ0) is 15.9. The van der Waals surface area contributed by atoms with Crippen LogP contribution in [-0.2, 0) is 6.18 Å². The SMILES string of the molecule is O=c1ccc2nccc(-c3cc(C(F)(F)F)ccc3Cl)c2[nH]1. The summed E-state index contributed by atoms with van der Waals surface area (Å²) in [7, 11) is 0. The van der Waals surface area contributed by atoms with E-state index in [-0.39, 0.29) is 16.1 Å². The molecule has 3 rings (SSSR count). The monoisotopic (exact) mass is 324 g/mol. The second-order valence-corrected chi connectivity index (χ2v) is 5.04. The van der Waals surface area contributed by atoms with Gasteiger partial charge in [0, 0.05) is 28.4 Å². The number of aromatic nitrogens is 2. The third kappa shape index (κ3) is 2.57. The van der Waals surface area contributed by atoms with Crippen LogP contribution < -0.4 is 5.56 Å². The molecule has 1 aromatic carbocycles. The first-order chi connectivity index (χ1) is 10.4. The van der Waals surface area contributed by atoms with Gasteiger partial charge < -0.3 is 4.98 Å². The van der Waals surface area contributed by atoms with Gasteiger partial charge in [-0.05, 0) is 30.3 Å². The van der Waals surface area contributed by atoms with Gasteiger partial charge in [0.05, 0.1) is 16.6 Å². The molecule has 0 saturated heterocycles. The van der Waals surface area contributed by atoms with Crippen LogP contribution in [0.5, 0.6) is 0 Å². The van der Waals surface area contributed by atoms with E-state index in [9.17, 15) is 18.0 Å². The average molecular weight is 325 g/mol. The van der Waals surface area contributed by atoms with E-state index in [0.717, 1.165) is 12.1 Å². The lowest BCUT2D eigenvalue weighted by molar-refractivity contribution is -0.137. The van der Waals surface area contributed by atoms with Crippen LogP contribution in [0.3, 0.4) is 0 Å². The molecule has 0 fully saturated rings. The maximum absolute atomic E-state index is 12.9. The molecule has 1 N–H and O–H groups in total. The van der Waals surface area contributed by atoms with Crippen molar-refractivity contribution in [2.24, 2.45) is 0 Å². The molecule has 0 aliphatic rings. The zero-order valence-corrected chi connectivity index (χ0v) is 11.7. The minimum atomic E-state index is -4.48. The second kappa shape index (κ2) is 5.14. The molecule has 0 bridgehead atoms. The molecule has 0 unspecified atom stereocenters. The number of halogens is 4. The molecule has 2 aromatic heterocycles. The number of fused-ring (bicyclic) bond motifs is 1. The number of nitrogens with zero attached hydrogens (tertiary/aromatic N) is 1. The van der Waals surface area contributed by atoms with Crippen molar-refractivity contribution >= 4 is 22.6 Å². The van der Waals surface area contributed by atoms with E-state index in [1.165, 1.54) is 30.5 Å². The van der Waals surface area contributed by atoms with E-state index < -0.39 is 11.7 Å². The minimum absolute atomic E-state index is 0.158. The first kappa shape index (κ1) is 14.6. The molecule has 0 aliphatic heterocycles. The zero-order valence-electron chi connectivity index (χ0n) is 10.9. The summed E-state index contributed by atoms with van der Waals surface area (Å²) in [5.74, 6) is 0. The maximum atomic E-state index is 12.9. The second-order valence-electron chi connectivity index (χ2n) is 4.63. The molecule has 0 saturated carbocycles. The maximum Gasteiger partial charge on any atom is 0.416 e. The van der Waals surface area contributed by atoms with E-state index in [1.807, 2.05) is 0 Å². The predicted octanol–water partition coefficient (Wildman–Crippen LogP) is 4.26. The number of pyridine rings is 2. The topological polar surface area (TPSA) is 45.8 Å². The molecule has 0 radical (unpaired) electrons. The van der Waals surface area contributed by atoms with Crippen molar-refractivity contribution in [3.63, 3.8) is 0 Å². The molecule has 22 heavy (non-hydrogen) atoms. The molecule has 112 valence electrons. The predicted molar refractivity (Wildman–Crippen MR) is 77.8 cm³/mol. The number of hydrogen-bond acceptors (Lipinski definition) is 2. The Morgan fingerprint density at radius 1 is 1.05 bits per heavy atom. The summed E-state index contributed by atoms with van der Waals surface area (Å²) >= 11 is 6.04. The molecule has 0 spiro atoms. The van der Waals surface area contributed by atoms with Gasteiger partial charge in [0.2, 0.25) is 5.56 Å². The van der Waals surface area contributed by atoms with Gasteiger partial charge >= 0.3 is 6.18 Å². The van der Waals surface area contributed by atoms with Gasteiger partial charge in [-0.25, -0.2) is 0 Å². The minimum Gasteiger partial charge on any atom is -0.320 e. The van der Waals surface area contributed by atoms with Crippen molar-refractivity contribution in [3.05, 3.63) is 63.5 Å². The highest BCUT2D eigenvalue weighted by Crippen LogP contribution is 2.37. The fourth-order valence-corrected chi connectivity index (χ4v) is 2.41. The Morgan fingerprint density at radius 2 is 1.82 bits per heavy atom. The third-order valence-electron chi connectivity index (χ3n) is 3.20. The molecule has 0 atom stereocenters. The summed E-state index contributed by atoms with van der Waals surface area (Å²) < 4.78 is 38.6. The van der Waals surface area contributed by atoms with Crippen LogP contribution in [0, 0.1) is 0 Å². The normalized spacial score (nSPS) is 11.8. The average Bonchev–Trinajstić information content (AvgIpc) is 2.46. The Balaban J connectivity index is 2.32. The van der Waals surface area contributed by atoms with Crippen LogP contribution in [0.4, 0.5) is 13.2 Å². The summed E-state index contributed by atoms with van der Waals surface area (Å²) in [4.78, 5) is 18.1. The molecular formula is C15H8ClF3N2O. The van der Waals surface area contributed by atoms with Crippen molar-refractivity contribution < 1.29 is 13.2 Å². The first-order valence-electron chi connectivity index (χ1n) is 6.21. The summed E-state index contributed by atoms with van der Waals surface area (Å²) in [6.07, 6.45) is -3.03. The Labute approximate surface area is 127 Å². The van der Waals surface area contributed by atoms with Crippen molar-refractivity contribution in [1.82, 2.24) is 9.97 Å². The fraction of sp³-hybridized carbons (Fsp3) is 0.0667. The Hall–Kier alpha value is -2.34. The van der Waals surface area contributed by atoms with Gasteiger partial charge in [0.15, 0.2) is 0 Å². The lowest BCUT2D eigenvalue weighted by atomic mass is 10.0. The number of aromatic amines is 1. The van der Waals surface area contributed by atoms with Crippen molar-refractivity contribution in [2.75, 3.05) is 0 Å². The van der Waals surface area contributed by atoms with E-state index in [2.05, 4.69) is 9.97 Å². The van der Waals surface area contributed by atoms with E-state index in [0.29, 0.717) is 16.6 Å². The molecule has 0 aliphatic carbocycles. The molecule has 3 aromatic rings. The van der Waals surface area contributed by atoms with E-state index >= 15 is 0 Å². The highest BCUT2D eigenvalue weighted by molar-refractivity contribution is 6.33.